The number of aromatic nitrogens is 4. The van der Waals surface area contributed by atoms with Crippen molar-refractivity contribution in [3.05, 3.63) is 36.5 Å². The predicted octanol–water partition coefficient (Wildman–Crippen LogP) is 3.81. The molecule has 3 aromatic heterocycles. The molecule has 4 heterocycles. The minimum absolute atomic E-state index is 0.110. The van der Waals surface area contributed by atoms with E-state index >= 15 is 0 Å². The van der Waals surface area contributed by atoms with Crippen LogP contribution in [0.2, 0.25) is 0 Å². The van der Waals surface area contributed by atoms with Crippen LogP contribution in [0.4, 0.5) is 0 Å². The molecule has 1 aliphatic heterocycles. The molecule has 0 unspecified atom stereocenters. The van der Waals surface area contributed by atoms with Crippen molar-refractivity contribution in [2.75, 3.05) is 6.54 Å². The van der Waals surface area contributed by atoms with Crippen molar-refractivity contribution in [2.45, 2.75) is 63.3 Å². The smallest absolute Gasteiger partial charge is 0.231 e. The zero-order valence-corrected chi connectivity index (χ0v) is 16.0. The van der Waals surface area contributed by atoms with Crippen LogP contribution in [0.25, 0.3) is 17.2 Å². The van der Waals surface area contributed by atoms with E-state index < -0.39 is 0 Å². The van der Waals surface area contributed by atoms with Crippen molar-refractivity contribution in [1.29, 1.82) is 0 Å². The third-order valence-electron chi connectivity index (χ3n) is 6.09. The molecule has 1 saturated carbocycles. The quantitative estimate of drug-likeness (QED) is 0.647. The lowest BCUT2D eigenvalue weighted by Crippen LogP contribution is -2.45. The summed E-state index contributed by atoms with van der Waals surface area (Å²) in [7, 11) is 0. The molecule has 0 spiro atoms. The van der Waals surface area contributed by atoms with Crippen molar-refractivity contribution in [2.24, 2.45) is 0 Å². The molecule has 3 aromatic rings. The number of piperidine rings is 1. The van der Waals surface area contributed by atoms with Gasteiger partial charge in [0.2, 0.25) is 17.6 Å². The van der Waals surface area contributed by atoms with E-state index in [1.54, 1.807) is 0 Å². The van der Waals surface area contributed by atoms with Gasteiger partial charge in [0.15, 0.2) is 0 Å². The zero-order valence-electron chi connectivity index (χ0n) is 16.0. The van der Waals surface area contributed by atoms with Crippen molar-refractivity contribution in [3.8, 4) is 11.5 Å². The van der Waals surface area contributed by atoms with E-state index in [0.29, 0.717) is 36.4 Å². The molecule has 28 heavy (non-hydrogen) atoms. The molecule has 7 heteroatoms. The Kier molecular flexibility index (Phi) is 4.58. The third-order valence-corrected chi connectivity index (χ3v) is 6.09. The molecule has 1 saturated heterocycles. The first-order valence-corrected chi connectivity index (χ1v) is 10.3. The van der Waals surface area contributed by atoms with E-state index in [2.05, 4.69) is 20.0 Å². The molecular weight excluding hydrogens is 354 g/mol. The monoisotopic (exact) mass is 379 g/mol. The molecule has 0 N–H and O–H groups in total. The summed E-state index contributed by atoms with van der Waals surface area (Å²) in [6.07, 6.45) is 12.4. The number of imidazole rings is 1. The van der Waals surface area contributed by atoms with E-state index in [9.17, 15) is 4.79 Å². The van der Waals surface area contributed by atoms with Crippen LogP contribution in [0.15, 0.2) is 35.1 Å². The summed E-state index contributed by atoms with van der Waals surface area (Å²) in [6.45, 7) is 0.691. The average molecular weight is 379 g/mol. The average Bonchev–Trinajstić information content (AvgIpc) is 3.28. The minimum Gasteiger partial charge on any atom is -0.339 e. The first-order valence-electron chi connectivity index (χ1n) is 10.3. The summed E-state index contributed by atoms with van der Waals surface area (Å²) < 4.78 is 7.54. The number of hydrogen-bond acceptors (Lipinski definition) is 5. The van der Waals surface area contributed by atoms with E-state index in [4.69, 9.17) is 4.52 Å². The highest BCUT2D eigenvalue weighted by atomic mass is 16.5. The Morgan fingerprint density at radius 2 is 1.89 bits per heavy atom. The Balaban J connectivity index is 1.35. The molecule has 2 fully saturated rings. The molecular formula is C21H25N5O2. The number of carbonyl (C=O) groups is 1. The van der Waals surface area contributed by atoms with E-state index in [-0.39, 0.29) is 11.8 Å². The van der Waals surface area contributed by atoms with Gasteiger partial charge in [0.25, 0.3) is 0 Å². The maximum Gasteiger partial charge on any atom is 0.231 e. The number of likely N-dealkylation sites (tertiary alicyclic amines) is 1. The summed E-state index contributed by atoms with van der Waals surface area (Å²) in [5, 5.41) is 4.16. The SMILES string of the molecule is O=C1CC[C@@H](c2nc(-c3cn4ccccc4n3)no2)CN1C1CCCCCC1. The third kappa shape index (κ3) is 3.30. The fraction of sp³-hybridized carbons (Fsp3) is 0.524. The van der Waals surface area contributed by atoms with Crippen molar-refractivity contribution >= 4 is 11.6 Å². The Morgan fingerprint density at radius 1 is 1.04 bits per heavy atom. The van der Waals surface area contributed by atoms with Crippen LogP contribution in [0.3, 0.4) is 0 Å². The maximum atomic E-state index is 12.6. The Bertz CT molecular complexity index is 937. The molecule has 0 bridgehead atoms. The van der Waals surface area contributed by atoms with Crippen molar-refractivity contribution in [1.82, 2.24) is 24.4 Å². The van der Waals surface area contributed by atoms with Gasteiger partial charge in [0, 0.05) is 31.4 Å². The second-order valence-corrected chi connectivity index (χ2v) is 7.98. The maximum absolute atomic E-state index is 12.6. The lowest BCUT2D eigenvalue weighted by atomic mass is 9.94. The van der Waals surface area contributed by atoms with Crippen LogP contribution in [0.1, 0.15) is 63.2 Å². The highest BCUT2D eigenvalue weighted by Crippen LogP contribution is 2.32. The summed E-state index contributed by atoms with van der Waals surface area (Å²) in [5.41, 5.74) is 1.56. The number of hydrogen-bond donors (Lipinski definition) is 0. The summed E-state index contributed by atoms with van der Waals surface area (Å²) in [6, 6.07) is 6.23. The lowest BCUT2D eigenvalue weighted by Gasteiger charge is -2.37. The van der Waals surface area contributed by atoms with Crippen LogP contribution >= 0.6 is 0 Å². The molecule has 2 aliphatic rings. The van der Waals surface area contributed by atoms with E-state index in [1.165, 1.54) is 25.7 Å². The van der Waals surface area contributed by atoms with Gasteiger partial charge in [-0.05, 0) is 31.4 Å². The van der Waals surface area contributed by atoms with Crippen molar-refractivity contribution < 1.29 is 9.32 Å². The number of rotatable bonds is 3. The second-order valence-electron chi connectivity index (χ2n) is 7.98. The van der Waals surface area contributed by atoms with Crippen LogP contribution < -0.4 is 0 Å². The van der Waals surface area contributed by atoms with Gasteiger partial charge in [-0.1, -0.05) is 36.9 Å². The number of amides is 1. The molecule has 1 atom stereocenters. The molecule has 0 aromatic carbocycles. The molecule has 7 nitrogen and oxygen atoms in total. The van der Waals surface area contributed by atoms with Gasteiger partial charge in [-0.25, -0.2) is 4.98 Å². The lowest BCUT2D eigenvalue weighted by molar-refractivity contribution is -0.136. The molecule has 1 amide bonds. The topological polar surface area (TPSA) is 76.5 Å². The Labute approximate surface area is 163 Å². The first kappa shape index (κ1) is 17.4. The molecule has 1 aliphatic carbocycles. The highest BCUT2D eigenvalue weighted by molar-refractivity contribution is 5.77. The first-order chi connectivity index (χ1) is 13.8. The Morgan fingerprint density at radius 3 is 2.71 bits per heavy atom. The number of carbonyl (C=O) groups excluding carboxylic acids is 1. The van der Waals surface area contributed by atoms with Gasteiger partial charge < -0.3 is 13.8 Å². The van der Waals surface area contributed by atoms with Gasteiger partial charge in [-0.15, -0.1) is 0 Å². The van der Waals surface area contributed by atoms with Crippen LogP contribution in [-0.4, -0.2) is 42.9 Å². The number of fused-ring (bicyclic) bond motifs is 1. The fourth-order valence-corrected chi connectivity index (χ4v) is 4.54. The van der Waals surface area contributed by atoms with Crippen molar-refractivity contribution in [3.63, 3.8) is 0 Å². The zero-order chi connectivity index (χ0) is 18.9. The van der Waals surface area contributed by atoms with Crippen LogP contribution in [-0.2, 0) is 4.79 Å². The highest BCUT2D eigenvalue weighted by Gasteiger charge is 2.34. The van der Waals surface area contributed by atoms with Crippen LogP contribution in [0.5, 0.6) is 0 Å². The normalized spacial score (nSPS) is 21.9. The largest absolute Gasteiger partial charge is 0.339 e. The van der Waals surface area contributed by atoms with Crippen LogP contribution in [0, 0.1) is 0 Å². The van der Waals surface area contributed by atoms with Gasteiger partial charge in [0.05, 0.1) is 5.92 Å². The van der Waals surface area contributed by atoms with Gasteiger partial charge in [0.1, 0.15) is 11.3 Å². The summed E-state index contributed by atoms with van der Waals surface area (Å²) in [4.78, 5) is 23.8. The second kappa shape index (κ2) is 7.37. The summed E-state index contributed by atoms with van der Waals surface area (Å²) in [5.74, 6) is 1.53. The molecule has 5 rings (SSSR count). The number of pyridine rings is 1. The molecule has 0 radical (unpaired) electrons. The van der Waals surface area contributed by atoms with E-state index in [0.717, 1.165) is 24.9 Å². The van der Waals surface area contributed by atoms with E-state index in [1.807, 2.05) is 35.0 Å². The number of nitrogens with zero attached hydrogens (tertiary/aromatic N) is 5. The van der Waals surface area contributed by atoms with Gasteiger partial charge in [-0.3, -0.25) is 4.79 Å². The van der Waals surface area contributed by atoms with Gasteiger partial charge in [-0.2, -0.15) is 4.98 Å². The fourth-order valence-electron chi connectivity index (χ4n) is 4.54. The minimum atomic E-state index is 0.110. The standard InChI is InChI=1S/C21H25N5O2/c27-19-11-10-15(13-26(19)16-7-3-1-2-4-8-16)21-23-20(24-28-21)17-14-25-12-6-5-9-18(25)22-17/h5-6,9,12,14-16H,1-4,7-8,10-11,13H2/t15-/m1/s1. The summed E-state index contributed by atoms with van der Waals surface area (Å²) >= 11 is 0. The Hall–Kier alpha value is -2.70. The predicted molar refractivity (Wildman–Crippen MR) is 104 cm³/mol. The molecule has 146 valence electrons. The van der Waals surface area contributed by atoms with Gasteiger partial charge >= 0.3 is 0 Å².